The molecule has 2 saturated heterocycles. The fourth-order valence-electron chi connectivity index (χ4n) is 5.69. The Bertz CT molecular complexity index is 1580. The van der Waals surface area contributed by atoms with Crippen LogP contribution < -0.4 is 20.5 Å². The fraction of sp³-hybridized carbons (Fsp3) is 0.452. The van der Waals surface area contributed by atoms with Crippen molar-refractivity contribution in [1.29, 1.82) is 5.26 Å². The van der Waals surface area contributed by atoms with E-state index in [-0.39, 0.29) is 25.1 Å². The minimum Gasteiger partial charge on any atom is -0.497 e. The van der Waals surface area contributed by atoms with Crippen molar-refractivity contribution in [1.82, 2.24) is 19.7 Å². The van der Waals surface area contributed by atoms with Crippen molar-refractivity contribution in [2.24, 2.45) is 0 Å². The van der Waals surface area contributed by atoms with Crippen LogP contribution in [0.4, 0.5) is 24.7 Å². The standard InChI is InChI=1S/C31H34F3N7O4/c1-20(38-25-17-37-41(30(43)28(25)31(32,33)34)18-21-3-6-24(44-2)7-4-21)19-45-26-11-14-40(29(26)42)23-9-12-39(13-10-23)27-8-5-22(15-35)16-36-27/h3-8,16-17,20,23,26,38H,9-14,18-19H2,1-2H3/t20-,26?/m0/s1. The van der Waals surface area contributed by atoms with E-state index in [9.17, 15) is 22.8 Å². The highest BCUT2D eigenvalue weighted by molar-refractivity contribution is 5.83. The smallest absolute Gasteiger partial charge is 0.423 e. The summed E-state index contributed by atoms with van der Waals surface area (Å²) in [7, 11) is 1.50. The molecule has 1 unspecified atom stereocenters. The average Bonchev–Trinajstić information content (AvgIpc) is 3.41. The van der Waals surface area contributed by atoms with E-state index >= 15 is 0 Å². The second-order valence-electron chi connectivity index (χ2n) is 11.2. The molecule has 0 aliphatic carbocycles. The zero-order valence-electron chi connectivity index (χ0n) is 25.0. The average molecular weight is 626 g/mol. The number of amides is 1. The molecular formula is C31H34F3N7O4. The molecule has 238 valence electrons. The van der Waals surface area contributed by atoms with Crippen molar-refractivity contribution >= 4 is 17.4 Å². The number of carbonyl (C=O) groups excluding carboxylic acids is 1. The number of piperidine rings is 1. The highest BCUT2D eigenvalue weighted by atomic mass is 19.4. The molecule has 2 aliphatic rings. The van der Waals surface area contributed by atoms with Crippen molar-refractivity contribution in [3.63, 3.8) is 0 Å². The lowest BCUT2D eigenvalue weighted by atomic mass is 10.0. The predicted molar refractivity (Wildman–Crippen MR) is 159 cm³/mol. The van der Waals surface area contributed by atoms with Gasteiger partial charge in [0, 0.05) is 44.3 Å². The van der Waals surface area contributed by atoms with Gasteiger partial charge >= 0.3 is 6.18 Å². The summed E-state index contributed by atoms with van der Waals surface area (Å²) in [6.07, 6.45) is -1.07. The summed E-state index contributed by atoms with van der Waals surface area (Å²) in [5, 5.41) is 15.7. The Labute approximate surface area is 258 Å². The second kappa shape index (κ2) is 13.6. The van der Waals surface area contributed by atoms with E-state index in [0.29, 0.717) is 42.9 Å². The van der Waals surface area contributed by atoms with Crippen LogP contribution in [0.2, 0.25) is 0 Å². The van der Waals surface area contributed by atoms with Crippen LogP contribution in [0.1, 0.15) is 42.9 Å². The molecule has 4 heterocycles. The zero-order chi connectivity index (χ0) is 32.1. The minimum atomic E-state index is -4.92. The van der Waals surface area contributed by atoms with Gasteiger partial charge in [-0.15, -0.1) is 0 Å². The molecule has 1 amide bonds. The molecule has 2 aromatic heterocycles. The van der Waals surface area contributed by atoms with E-state index in [1.54, 1.807) is 43.5 Å². The summed E-state index contributed by atoms with van der Waals surface area (Å²) in [4.78, 5) is 34.4. The molecule has 0 bridgehead atoms. The maximum atomic E-state index is 14.0. The van der Waals surface area contributed by atoms with Gasteiger partial charge < -0.3 is 24.6 Å². The summed E-state index contributed by atoms with van der Waals surface area (Å²) in [6, 6.07) is 11.6. The molecule has 2 fully saturated rings. The number of ether oxygens (including phenoxy) is 2. The van der Waals surface area contributed by atoms with E-state index in [2.05, 4.69) is 26.4 Å². The Kier molecular flexibility index (Phi) is 9.57. The number of alkyl halides is 3. The number of hydrogen-bond donors (Lipinski definition) is 1. The van der Waals surface area contributed by atoms with Crippen LogP contribution in [0.5, 0.6) is 5.75 Å². The quantitative estimate of drug-likeness (QED) is 0.359. The van der Waals surface area contributed by atoms with Crippen LogP contribution in [0.3, 0.4) is 0 Å². The Balaban J connectivity index is 1.15. The van der Waals surface area contributed by atoms with Crippen molar-refractivity contribution in [2.45, 2.75) is 57.1 Å². The number of hydrogen-bond acceptors (Lipinski definition) is 9. The van der Waals surface area contributed by atoms with E-state index in [1.807, 2.05) is 11.0 Å². The molecule has 0 saturated carbocycles. The molecule has 5 rings (SSSR count). The van der Waals surface area contributed by atoms with Gasteiger partial charge in [0.25, 0.3) is 11.5 Å². The number of nitrogens with one attached hydrogen (secondary N) is 1. The molecule has 3 aromatic rings. The summed E-state index contributed by atoms with van der Waals surface area (Å²) < 4.78 is 53.8. The van der Waals surface area contributed by atoms with Gasteiger partial charge in [0.2, 0.25) is 0 Å². The van der Waals surface area contributed by atoms with Gasteiger partial charge in [-0.2, -0.15) is 23.5 Å². The SMILES string of the molecule is COc1ccc(Cn2ncc(N[C@@H](C)COC3CCN(C4CCN(c5ccc(C#N)cn5)CC4)C3=O)c(C(F)(F)F)c2=O)cc1. The monoisotopic (exact) mass is 625 g/mol. The van der Waals surface area contributed by atoms with Crippen LogP contribution in [0.15, 0.2) is 53.6 Å². The van der Waals surface area contributed by atoms with E-state index in [1.165, 1.54) is 7.11 Å². The molecule has 1 aromatic carbocycles. The first-order chi connectivity index (χ1) is 21.6. The number of carbonyl (C=O) groups is 1. The van der Waals surface area contributed by atoms with Gasteiger partial charge in [0.1, 0.15) is 29.3 Å². The van der Waals surface area contributed by atoms with Crippen LogP contribution in [0.25, 0.3) is 0 Å². The molecule has 45 heavy (non-hydrogen) atoms. The van der Waals surface area contributed by atoms with Crippen molar-refractivity contribution in [3.8, 4) is 11.8 Å². The number of aromatic nitrogens is 3. The number of methoxy groups -OCH3 is 1. The third-order valence-electron chi connectivity index (χ3n) is 8.06. The van der Waals surface area contributed by atoms with Crippen molar-refractivity contribution < 1.29 is 27.4 Å². The van der Waals surface area contributed by atoms with Crippen molar-refractivity contribution in [3.05, 3.63) is 75.8 Å². The molecule has 2 aliphatic heterocycles. The number of halogens is 3. The molecule has 14 heteroatoms. The zero-order valence-corrected chi connectivity index (χ0v) is 25.0. The third-order valence-corrected chi connectivity index (χ3v) is 8.06. The normalized spacial score (nSPS) is 18.1. The van der Waals surface area contributed by atoms with Crippen LogP contribution in [0, 0.1) is 11.3 Å². The van der Waals surface area contributed by atoms with Gasteiger partial charge in [-0.3, -0.25) is 9.59 Å². The Morgan fingerprint density at radius 1 is 1.07 bits per heavy atom. The van der Waals surface area contributed by atoms with Crippen LogP contribution in [-0.4, -0.2) is 77.1 Å². The molecular weight excluding hydrogens is 591 g/mol. The summed E-state index contributed by atoms with van der Waals surface area (Å²) in [6.45, 7) is 3.41. The lowest BCUT2D eigenvalue weighted by Gasteiger charge is -2.37. The van der Waals surface area contributed by atoms with Crippen LogP contribution >= 0.6 is 0 Å². The van der Waals surface area contributed by atoms with Gasteiger partial charge in [-0.1, -0.05) is 12.1 Å². The van der Waals surface area contributed by atoms with E-state index in [0.717, 1.165) is 29.5 Å². The molecule has 11 nitrogen and oxygen atoms in total. The van der Waals surface area contributed by atoms with Gasteiger partial charge in [-0.25, -0.2) is 9.67 Å². The third kappa shape index (κ3) is 7.37. The number of benzene rings is 1. The lowest BCUT2D eigenvalue weighted by Crippen LogP contribution is -2.47. The van der Waals surface area contributed by atoms with Crippen LogP contribution in [-0.2, 0) is 22.3 Å². The maximum absolute atomic E-state index is 14.0. The highest BCUT2D eigenvalue weighted by Crippen LogP contribution is 2.32. The number of anilines is 2. The van der Waals surface area contributed by atoms with Gasteiger partial charge in [0.15, 0.2) is 0 Å². The Morgan fingerprint density at radius 3 is 2.42 bits per heavy atom. The lowest BCUT2D eigenvalue weighted by molar-refractivity contribution is -0.139. The van der Waals surface area contributed by atoms with Crippen molar-refractivity contribution in [2.75, 3.05) is 43.6 Å². The number of nitriles is 1. The van der Waals surface area contributed by atoms with Gasteiger partial charge in [-0.05, 0) is 49.6 Å². The predicted octanol–water partition coefficient (Wildman–Crippen LogP) is 3.67. The summed E-state index contributed by atoms with van der Waals surface area (Å²) >= 11 is 0. The molecule has 1 N–H and O–H groups in total. The minimum absolute atomic E-state index is 0.0424. The first-order valence-electron chi connectivity index (χ1n) is 14.7. The first kappa shape index (κ1) is 31.8. The fourth-order valence-corrected chi connectivity index (χ4v) is 5.69. The topological polar surface area (TPSA) is 126 Å². The largest absolute Gasteiger partial charge is 0.497 e. The summed E-state index contributed by atoms with van der Waals surface area (Å²) in [5.41, 5.74) is -1.97. The molecule has 0 spiro atoms. The highest BCUT2D eigenvalue weighted by Gasteiger charge is 2.40. The van der Waals surface area contributed by atoms with E-state index in [4.69, 9.17) is 14.7 Å². The van der Waals surface area contributed by atoms with E-state index < -0.39 is 35.1 Å². The summed E-state index contributed by atoms with van der Waals surface area (Å²) in [5.74, 6) is 1.24. The number of pyridine rings is 1. The second-order valence-corrected chi connectivity index (χ2v) is 11.2. The Hall–Kier alpha value is -4.64. The number of rotatable bonds is 10. The number of nitrogens with zero attached hydrogens (tertiary/aromatic N) is 6. The van der Waals surface area contributed by atoms with Gasteiger partial charge in [0.05, 0.1) is 37.7 Å². The Morgan fingerprint density at radius 2 is 1.80 bits per heavy atom. The number of likely N-dealkylation sites (tertiary alicyclic amines) is 1. The molecule has 0 radical (unpaired) electrons. The molecule has 2 atom stereocenters. The first-order valence-corrected chi connectivity index (χ1v) is 14.7. The maximum Gasteiger partial charge on any atom is 0.423 e.